The number of hydrogen-bond donors (Lipinski definition) is 0. The smallest absolute Gasteiger partial charge is 0.198 e. The van der Waals surface area contributed by atoms with E-state index in [2.05, 4.69) is 0 Å². The molecule has 11 heavy (non-hydrogen) atoms. The second kappa shape index (κ2) is 5.20. The van der Waals surface area contributed by atoms with Crippen LogP contribution in [-0.4, -0.2) is 24.8 Å². The van der Waals surface area contributed by atoms with Gasteiger partial charge in [0.25, 0.3) is 0 Å². The number of methoxy groups -OCH3 is 2. The third-order valence-electron chi connectivity index (χ3n) is 1.62. The molecule has 0 aromatic carbocycles. The van der Waals surface area contributed by atoms with Crippen molar-refractivity contribution in [3.63, 3.8) is 0 Å². The minimum Gasteiger partial charge on any atom is -0.351 e. The summed E-state index contributed by atoms with van der Waals surface area (Å²) in [5.41, 5.74) is 0. The Hall–Kier alpha value is 0.500. The number of hydrogen-bond acceptors (Lipinski definition) is 2. The summed E-state index contributed by atoms with van der Waals surface area (Å²) >= 11 is 11.4. The topological polar surface area (TPSA) is 18.5 Å². The van der Waals surface area contributed by atoms with E-state index in [9.17, 15) is 0 Å². The molecule has 0 bridgehead atoms. The van der Waals surface area contributed by atoms with Crippen molar-refractivity contribution in [1.29, 1.82) is 0 Å². The minimum absolute atomic E-state index is 0.655. The van der Waals surface area contributed by atoms with E-state index in [1.165, 1.54) is 14.2 Å². The van der Waals surface area contributed by atoms with Gasteiger partial charge in [-0.2, -0.15) is 0 Å². The molecule has 0 rings (SSSR count). The van der Waals surface area contributed by atoms with Crippen LogP contribution >= 0.6 is 23.2 Å². The van der Waals surface area contributed by atoms with E-state index >= 15 is 0 Å². The molecule has 0 aromatic heterocycles. The molecule has 0 aliphatic carbocycles. The predicted molar refractivity (Wildman–Crippen MR) is 47.2 cm³/mol. The van der Waals surface area contributed by atoms with E-state index < -0.39 is 10.6 Å². The van der Waals surface area contributed by atoms with Crippen LogP contribution in [0.15, 0.2) is 0 Å². The molecule has 68 valence electrons. The van der Waals surface area contributed by atoms with E-state index in [4.69, 9.17) is 32.7 Å². The third-order valence-corrected chi connectivity index (χ3v) is 2.29. The summed E-state index contributed by atoms with van der Waals surface area (Å²) in [5.74, 6) is -0.835. The molecule has 0 amide bonds. The van der Waals surface area contributed by atoms with Gasteiger partial charge in [0.05, 0.1) is 0 Å². The van der Waals surface area contributed by atoms with Crippen molar-refractivity contribution in [3.8, 4) is 0 Å². The number of ether oxygens (including phenoxy) is 2. The Balaban J connectivity index is 4.20. The molecule has 0 aliphatic heterocycles. The fourth-order valence-corrected chi connectivity index (χ4v) is 1.50. The average Bonchev–Trinajstić information content (AvgIpc) is 2.00. The Labute approximate surface area is 77.8 Å². The van der Waals surface area contributed by atoms with Gasteiger partial charge in [-0.15, -0.1) is 0 Å². The van der Waals surface area contributed by atoms with Crippen molar-refractivity contribution in [2.75, 3.05) is 14.2 Å². The summed E-state index contributed by atoms with van der Waals surface area (Å²) in [4.78, 5) is -0.655. The maximum atomic E-state index is 5.70. The highest BCUT2D eigenvalue weighted by Gasteiger charge is 2.35. The van der Waals surface area contributed by atoms with Crippen LogP contribution < -0.4 is 0 Å². The van der Waals surface area contributed by atoms with Gasteiger partial charge in [-0.1, -0.05) is 36.5 Å². The summed E-state index contributed by atoms with van der Waals surface area (Å²) in [6, 6.07) is 0. The van der Waals surface area contributed by atoms with Gasteiger partial charge in [0.1, 0.15) is 0 Å². The highest BCUT2D eigenvalue weighted by Crippen LogP contribution is 2.29. The van der Waals surface area contributed by atoms with Crippen molar-refractivity contribution in [2.45, 2.75) is 30.4 Å². The zero-order valence-corrected chi connectivity index (χ0v) is 8.58. The van der Waals surface area contributed by atoms with Gasteiger partial charge >= 0.3 is 0 Å². The summed E-state index contributed by atoms with van der Waals surface area (Å²) < 4.78 is 10.2. The second-order valence-electron chi connectivity index (χ2n) is 2.27. The van der Waals surface area contributed by atoms with Gasteiger partial charge in [0.15, 0.2) is 10.6 Å². The molecule has 0 saturated carbocycles. The Bertz CT molecular complexity index is 103. The van der Waals surface area contributed by atoms with Gasteiger partial charge in [0, 0.05) is 20.6 Å². The minimum atomic E-state index is -0.835. The van der Waals surface area contributed by atoms with Crippen LogP contribution in [0, 0.1) is 0 Å². The van der Waals surface area contributed by atoms with Crippen LogP contribution in [0.1, 0.15) is 19.8 Å². The fraction of sp³-hybridized carbons (Fsp3) is 1.00. The first-order valence-electron chi connectivity index (χ1n) is 3.51. The van der Waals surface area contributed by atoms with E-state index in [-0.39, 0.29) is 0 Å². The maximum Gasteiger partial charge on any atom is 0.198 e. The van der Waals surface area contributed by atoms with Gasteiger partial charge in [-0.25, -0.2) is 0 Å². The Morgan fingerprint density at radius 1 is 1.27 bits per heavy atom. The number of halogens is 2. The molecule has 0 saturated heterocycles. The van der Waals surface area contributed by atoms with Crippen LogP contribution in [0.4, 0.5) is 0 Å². The average molecular weight is 201 g/mol. The Morgan fingerprint density at radius 2 is 1.73 bits per heavy atom. The van der Waals surface area contributed by atoms with Crippen molar-refractivity contribution >= 4 is 23.2 Å². The standard InChI is InChI=1S/C7H14Cl2O2/c1-4-5-7(10-2,11-3)6(8)9/h6H,4-5H2,1-3H3. The predicted octanol–water partition coefficient (Wildman–Crippen LogP) is 2.58. The van der Waals surface area contributed by atoms with E-state index in [1.807, 2.05) is 6.92 Å². The molecule has 0 N–H and O–H groups in total. The number of alkyl halides is 2. The molecule has 0 spiro atoms. The normalized spacial score (nSPS) is 12.5. The van der Waals surface area contributed by atoms with Crippen LogP contribution in [0.5, 0.6) is 0 Å². The molecule has 0 aromatic rings. The molecular weight excluding hydrogens is 187 g/mol. The molecule has 2 nitrogen and oxygen atoms in total. The van der Waals surface area contributed by atoms with Crippen LogP contribution in [0.3, 0.4) is 0 Å². The highest BCUT2D eigenvalue weighted by atomic mass is 35.5. The first-order chi connectivity index (χ1) is 5.13. The molecular formula is C7H14Cl2O2. The number of rotatable bonds is 5. The van der Waals surface area contributed by atoms with Crippen LogP contribution in [0.25, 0.3) is 0 Å². The zero-order chi connectivity index (χ0) is 8.91. The summed E-state index contributed by atoms with van der Waals surface area (Å²) in [6.45, 7) is 2.02. The Morgan fingerprint density at radius 3 is 1.82 bits per heavy atom. The van der Waals surface area contributed by atoms with Gasteiger partial charge < -0.3 is 9.47 Å². The molecule has 0 unspecified atom stereocenters. The molecule has 0 radical (unpaired) electrons. The summed E-state index contributed by atoms with van der Waals surface area (Å²) in [7, 11) is 3.08. The van der Waals surface area contributed by atoms with Gasteiger partial charge in [-0.05, 0) is 0 Å². The zero-order valence-electron chi connectivity index (χ0n) is 7.06. The monoisotopic (exact) mass is 200 g/mol. The molecule has 0 atom stereocenters. The lowest BCUT2D eigenvalue weighted by Crippen LogP contribution is -2.40. The van der Waals surface area contributed by atoms with Crippen molar-refractivity contribution in [3.05, 3.63) is 0 Å². The van der Waals surface area contributed by atoms with Crippen molar-refractivity contribution < 1.29 is 9.47 Å². The highest BCUT2D eigenvalue weighted by molar-refractivity contribution is 6.45. The second-order valence-corrected chi connectivity index (χ2v) is 3.37. The fourth-order valence-electron chi connectivity index (χ4n) is 0.923. The first kappa shape index (κ1) is 11.5. The SMILES string of the molecule is CCCC(OC)(OC)C(Cl)Cl. The molecule has 0 fully saturated rings. The van der Waals surface area contributed by atoms with E-state index in [0.29, 0.717) is 6.42 Å². The van der Waals surface area contributed by atoms with E-state index in [0.717, 1.165) is 6.42 Å². The lowest BCUT2D eigenvalue weighted by molar-refractivity contribution is -0.200. The first-order valence-corrected chi connectivity index (χ1v) is 4.38. The van der Waals surface area contributed by atoms with Crippen molar-refractivity contribution in [2.24, 2.45) is 0 Å². The largest absolute Gasteiger partial charge is 0.351 e. The quantitative estimate of drug-likeness (QED) is 0.502. The lowest BCUT2D eigenvalue weighted by atomic mass is 10.2. The van der Waals surface area contributed by atoms with Crippen molar-refractivity contribution in [1.82, 2.24) is 0 Å². The van der Waals surface area contributed by atoms with E-state index in [1.54, 1.807) is 0 Å². The Kier molecular flexibility index (Phi) is 5.44. The third kappa shape index (κ3) is 2.79. The molecule has 4 heteroatoms. The lowest BCUT2D eigenvalue weighted by Gasteiger charge is -2.31. The molecule has 0 aliphatic rings. The van der Waals surface area contributed by atoms with Gasteiger partial charge in [0.2, 0.25) is 0 Å². The van der Waals surface area contributed by atoms with Gasteiger partial charge in [-0.3, -0.25) is 0 Å². The summed E-state index contributed by atoms with van der Waals surface area (Å²) in [6.07, 6.45) is 1.61. The van der Waals surface area contributed by atoms with Crippen LogP contribution in [0.2, 0.25) is 0 Å². The summed E-state index contributed by atoms with van der Waals surface area (Å²) in [5, 5.41) is 0. The molecule has 0 heterocycles. The van der Waals surface area contributed by atoms with Crippen LogP contribution in [-0.2, 0) is 9.47 Å². The maximum absolute atomic E-state index is 5.70.